The van der Waals surface area contributed by atoms with Crippen LogP contribution >= 0.6 is 0 Å². The van der Waals surface area contributed by atoms with Gasteiger partial charge in [-0.15, -0.1) is 0 Å². The smallest absolute Gasteiger partial charge is 0.126 e. The Morgan fingerprint density at radius 1 is 1.47 bits per heavy atom. The van der Waals surface area contributed by atoms with Gasteiger partial charge in [0.25, 0.3) is 0 Å². The van der Waals surface area contributed by atoms with E-state index >= 15 is 0 Å². The van der Waals surface area contributed by atoms with E-state index in [1.54, 1.807) is 0 Å². The van der Waals surface area contributed by atoms with Gasteiger partial charge in [0.05, 0.1) is 6.61 Å². The van der Waals surface area contributed by atoms with E-state index in [1.165, 1.54) is 12.8 Å². The molecular formula is C12H18N2O. The number of aromatic nitrogens is 1. The Kier molecular flexibility index (Phi) is 2.91. The predicted molar refractivity (Wildman–Crippen MR) is 60.9 cm³/mol. The van der Waals surface area contributed by atoms with Crippen LogP contribution in [0.5, 0.6) is 0 Å². The molecule has 82 valence electrons. The molecule has 2 rings (SSSR count). The van der Waals surface area contributed by atoms with E-state index in [0.29, 0.717) is 12.0 Å². The van der Waals surface area contributed by atoms with E-state index in [1.807, 2.05) is 12.1 Å². The van der Waals surface area contributed by atoms with Crippen molar-refractivity contribution in [2.45, 2.75) is 45.3 Å². The van der Waals surface area contributed by atoms with Crippen LogP contribution in [0.25, 0.3) is 0 Å². The minimum absolute atomic E-state index is 0.0849. The topological polar surface area (TPSA) is 45.1 Å². The van der Waals surface area contributed by atoms with Crippen molar-refractivity contribution in [1.29, 1.82) is 0 Å². The number of aliphatic hydroxyl groups is 1. The number of hydrogen-bond acceptors (Lipinski definition) is 3. The first-order valence-corrected chi connectivity index (χ1v) is 5.57. The van der Waals surface area contributed by atoms with E-state index in [-0.39, 0.29) is 6.61 Å². The zero-order chi connectivity index (χ0) is 10.8. The molecule has 1 aromatic rings. The lowest BCUT2D eigenvalue weighted by Crippen LogP contribution is -2.06. The lowest BCUT2D eigenvalue weighted by atomic mass is 10.1. The van der Waals surface area contributed by atoms with Crippen LogP contribution in [-0.4, -0.2) is 16.1 Å². The van der Waals surface area contributed by atoms with Crippen molar-refractivity contribution in [2.75, 3.05) is 5.32 Å². The Morgan fingerprint density at radius 2 is 2.20 bits per heavy atom. The second kappa shape index (κ2) is 4.19. The molecule has 15 heavy (non-hydrogen) atoms. The fourth-order valence-corrected chi connectivity index (χ4v) is 1.51. The molecule has 1 saturated carbocycles. The summed E-state index contributed by atoms with van der Waals surface area (Å²) in [7, 11) is 0. The average molecular weight is 206 g/mol. The van der Waals surface area contributed by atoms with Gasteiger partial charge in [0.1, 0.15) is 5.82 Å². The molecule has 1 heterocycles. The Bertz CT molecular complexity index is 345. The van der Waals surface area contributed by atoms with E-state index in [4.69, 9.17) is 5.11 Å². The fraction of sp³-hybridized carbons (Fsp3) is 0.583. The molecule has 1 aromatic heterocycles. The van der Waals surface area contributed by atoms with Crippen LogP contribution in [0.2, 0.25) is 0 Å². The Balaban J connectivity index is 2.23. The Hall–Kier alpha value is -1.09. The van der Waals surface area contributed by atoms with Gasteiger partial charge in [-0.2, -0.15) is 0 Å². The molecule has 0 aromatic carbocycles. The summed E-state index contributed by atoms with van der Waals surface area (Å²) >= 11 is 0. The molecule has 0 spiro atoms. The summed E-state index contributed by atoms with van der Waals surface area (Å²) < 4.78 is 0. The van der Waals surface area contributed by atoms with Crippen molar-refractivity contribution in [1.82, 2.24) is 4.98 Å². The van der Waals surface area contributed by atoms with Crippen LogP contribution in [0.4, 0.5) is 5.82 Å². The molecule has 2 N–H and O–H groups in total. The molecule has 0 atom stereocenters. The van der Waals surface area contributed by atoms with Crippen LogP contribution in [0.3, 0.4) is 0 Å². The van der Waals surface area contributed by atoms with Gasteiger partial charge >= 0.3 is 0 Å². The van der Waals surface area contributed by atoms with E-state index in [9.17, 15) is 0 Å². The summed E-state index contributed by atoms with van der Waals surface area (Å²) in [6, 6.07) is 4.51. The molecule has 0 bridgehead atoms. The summed E-state index contributed by atoms with van der Waals surface area (Å²) in [5.41, 5.74) is 1.99. The van der Waals surface area contributed by atoms with Gasteiger partial charge in [-0.05, 0) is 36.5 Å². The maximum Gasteiger partial charge on any atom is 0.126 e. The molecular weight excluding hydrogens is 188 g/mol. The minimum atomic E-state index is 0.0849. The largest absolute Gasteiger partial charge is 0.392 e. The van der Waals surface area contributed by atoms with Gasteiger partial charge in [0.2, 0.25) is 0 Å². The fourth-order valence-electron chi connectivity index (χ4n) is 1.51. The molecule has 1 fully saturated rings. The van der Waals surface area contributed by atoms with Gasteiger partial charge in [-0.3, -0.25) is 0 Å². The Morgan fingerprint density at radius 3 is 2.73 bits per heavy atom. The molecule has 0 unspecified atom stereocenters. The van der Waals surface area contributed by atoms with Crippen molar-refractivity contribution >= 4 is 5.82 Å². The maximum absolute atomic E-state index is 9.16. The van der Waals surface area contributed by atoms with Crippen molar-refractivity contribution < 1.29 is 5.11 Å². The standard InChI is InChI=1S/C12H18N2O/c1-8(2)11-5-9(7-15)6-12(14-11)13-10-3-4-10/h5-6,8,10,15H,3-4,7H2,1-2H3,(H,13,14). The number of hydrogen-bond donors (Lipinski definition) is 2. The third-order valence-electron chi connectivity index (χ3n) is 2.61. The van der Waals surface area contributed by atoms with E-state index in [0.717, 1.165) is 17.1 Å². The minimum Gasteiger partial charge on any atom is -0.392 e. The molecule has 1 aliphatic carbocycles. The first-order chi connectivity index (χ1) is 7.19. The van der Waals surface area contributed by atoms with Gasteiger partial charge in [0, 0.05) is 11.7 Å². The monoisotopic (exact) mass is 206 g/mol. The van der Waals surface area contributed by atoms with Crippen molar-refractivity contribution in [3.8, 4) is 0 Å². The van der Waals surface area contributed by atoms with Crippen LogP contribution in [-0.2, 0) is 6.61 Å². The normalized spacial score (nSPS) is 15.7. The van der Waals surface area contributed by atoms with Gasteiger partial charge in [-0.25, -0.2) is 4.98 Å². The maximum atomic E-state index is 9.16. The molecule has 1 aliphatic rings. The highest BCUT2D eigenvalue weighted by molar-refractivity contribution is 5.42. The summed E-state index contributed by atoms with van der Waals surface area (Å²) in [4.78, 5) is 4.54. The van der Waals surface area contributed by atoms with Gasteiger partial charge in [0.15, 0.2) is 0 Å². The third-order valence-corrected chi connectivity index (χ3v) is 2.61. The lowest BCUT2D eigenvalue weighted by molar-refractivity contribution is 0.281. The number of nitrogens with zero attached hydrogens (tertiary/aromatic N) is 1. The molecule has 0 saturated heterocycles. The molecule has 3 nitrogen and oxygen atoms in total. The number of pyridine rings is 1. The predicted octanol–water partition coefficient (Wildman–Crippen LogP) is 2.27. The first-order valence-electron chi connectivity index (χ1n) is 5.57. The second-order valence-electron chi connectivity index (χ2n) is 4.52. The van der Waals surface area contributed by atoms with Crippen LogP contribution in [0.15, 0.2) is 12.1 Å². The first kappa shape index (κ1) is 10.4. The summed E-state index contributed by atoms with van der Waals surface area (Å²) in [6.45, 7) is 4.32. The van der Waals surface area contributed by atoms with Crippen LogP contribution in [0.1, 0.15) is 43.9 Å². The van der Waals surface area contributed by atoms with Gasteiger partial charge in [-0.1, -0.05) is 13.8 Å². The third kappa shape index (κ3) is 2.69. The summed E-state index contributed by atoms with van der Waals surface area (Å²) in [5.74, 6) is 1.31. The number of aliphatic hydroxyl groups excluding tert-OH is 1. The average Bonchev–Trinajstić information content (AvgIpc) is 3.01. The van der Waals surface area contributed by atoms with Crippen molar-refractivity contribution in [3.63, 3.8) is 0 Å². The molecule has 3 heteroatoms. The van der Waals surface area contributed by atoms with E-state index in [2.05, 4.69) is 24.1 Å². The van der Waals surface area contributed by atoms with Crippen LogP contribution in [0, 0.1) is 0 Å². The number of nitrogens with one attached hydrogen (secondary N) is 1. The number of rotatable bonds is 4. The Labute approximate surface area is 90.5 Å². The quantitative estimate of drug-likeness (QED) is 0.794. The number of anilines is 1. The zero-order valence-electron chi connectivity index (χ0n) is 9.33. The molecule has 0 amide bonds. The highest BCUT2D eigenvalue weighted by Crippen LogP contribution is 2.25. The summed E-state index contributed by atoms with van der Waals surface area (Å²) in [6.07, 6.45) is 2.48. The van der Waals surface area contributed by atoms with E-state index < -0.39 is 0 Å². The highest BCUT2D eigenvalue weighted by atomic mass is 16.3. The highest BCUT2D eigenvalue weighted by Gasteiger charge is 2.21. The lowest BCUT2D eigenvalue weighted by Gasteiger charge is -2.11. The zero-order valence-corrected chi connectivity index (χ0v) is 9.33. The SMILES string of the molecule is CC(C)c1cc(CO)cc(NC2CC2)n1. The van der Waals surface area contributed by atoms with Crippen molar-refractivity contribution in [2.24, 2.45) is 0 Å². The van der Waals surface area contributed by atoms with Crippen molar-refractivity contribution in [3.05, 3.63) is 23.4 Å². The van der Waals surface area contributed by atoms with Gasteiger partial charge < -0.3 is 10.4 Å². The van der Waals surface area contributed by atoms with Crippen LogP contribution < -0.4 is 5.32 Å². The molecule has 0 aliphatic heterocycles. The second-order valence-corrected chi connectivity index (χ2v) is 4.52. The summed E-state index contributed by atoms with van der Waals surface area (Å²) in [5, 5.41) is 12.5. The molecule has 0 radical (unpaired) electrons.